The summed E-state index contributed by atoms with van der Waals surface area (Å²) in [5, 5.41) is 10.8. The molecule has 0 spiro atoms. The summed E-state index contributed by atoms with van der Waals surface area (Å²) in [7, 11) is 0. The smallest absolute Gasteiger partial charge is 0.314 e. The lowest BCUT2D eigenvalue weighted by atomic mass is 10.0. The summed E-state index contributed by atoms with van der Waals surface area (Å²) < 4.78 is 5.64. The monoisotopic (exact) mass is 408 g/mol. The zero-order valence-electron chi connectivity index (χ0n) is 15.7. The number of ketones is 1. The van der Waals surface area contributed by atoms with Gasteiger partial charge in [-0.2, -0.15) is 0 Å². The SMILES string of the molecule is O=C(CC(=O)OC(c1ccccc1)c1ccccc1)C[C@@H](O)c1ccc(Cl)cc1. The first-order chi connectivity index (χ1) is 14.0. The van der Waals surface area contributed by atoms with E-state index in [4.69, 9.17) is 16.3 Å². The summed E-state index contributed by atoms with van der Waals surface area (Å²) in [6.45, 7) is 0. The molecule has 5 heteroatoms. The number of hydrogen-bond donors (Lipinski definition) is 1. The Hall–Kier alpha value is -2.95. The number of esters is 1. The number of carbonyl (C=O) groups is 2. The molecule has 148 valence electrons. The minimum absolute atomic E-state index is 0.169. The van der Waals surface area contributed by atoms with Crippen molar-refractivity contribution in [2.24, 2.45) is 0 Å². The first-order valence-electron chi connectivity index (χ1n) is 9.27. The average Bonchev–Trinajstić information content (AvgIpc) is 2.73. The van der Waals surface area contributed by atoms with Crippen LogP contribution in [-0.4, -0.2) is 16.9 Å². The van der Waals surface area contributed by atoms with E-state index in [9.17, 15) is 14.7 Å². The number of hydrogen-bond acceptors (Lipinski definition) is 4. The molecule has 0 heterocycles. The maximum Gasteiger partial charge on any atom is 0.314 e. The van der Waals surface area contributed by atoms with E-state index >= 15 is 0 Å². The molecule has 29 heavy (non-hydrogen) atoms. The second-order valence-corrected chi connectivity index (χ2v) is 7.11. The molecule has 0 radical (unpaired) electrons. The number of benzene rings is 3. The maximum atomic E-state index is 12.4. The van der Waals surface area contributed by atoms with Gasteiger partial charge >= 0.3 is 5.97 Å². The highest BCUT2D eigenvalue weighted by Crippen LogP contribution is 2.27. The Kier molecular flexibility index (Phi) is 7.17. The van der Waals surface area contributed by atoms with Gasteiger partial charge in [-0.1, -0.05) is 84.4 Å². The highest BCUT2D eigenvalue weighted by atomic mass is 35.5. The van der Waals surface area contributed by atoms with Crippen molar-refractivity contribution in [2.45, 2.75) is 25.0 Å². The molecule has 1 N–H and O–H groups in total. The molecule has 0 aliphatic carbocycles. The van der Waals surface area contributed by atoms with Crippen molar-refractivity contribution in [2.75, 3.05) is 0 Å². The predicted molar refractivity (Wildman–Crippen MR) is 111 cm³/mol. The predicted octanol–water partition coefficient (Wildman–Crippen LogP) is 5.06. The molecular weight excluding hydrogens is 388 g/mol. The van der Waals surface area contributed by atoms with Crippen molar-refractivity contribution in [1.29, 1.82) is 0 Å². The van der Waals surface area contributed by atoms with Gasteiger partial charge in [0, 0.05) is 11.4 Å². The summed E-state index contributed by atoms with van der Waals surface area (Å²) >= 11 is 5.83. The summed E-state index contributed by atoms with van der Waals surface area (Å²) in [5.74, 6) is -1.02. The average molecular weight is 409 g/mol. The minimum atomic E-state index is -0.994. The van der Waals surface area contributed by atoms with E-state index in [1.165, 1.54) is 0 Å². The number of carbonyl (C=O) groups excluding carboxylic acids is 2. The minimum Gasteiger partial charge on any atom is -0.452 e. The molecule has 3 rings (SSSR count). The van der Waals surface area contributed by atoms with E-state index in [0.717, 1.165) is 11.1 Å². The van der Waals surface area contributed by atoms with Crippen LogP contribution in [0.1, 0.15) is 41.7 Å². The van der Waals surface area contributed by atoms with Gasteiger partial charge in [0.05, 0.1) is 6.10 Å². The third kappa shape index (κ3) is 6.01. The fourth-order valence-electron chi connectivity index (χ4n) is 3.01. The quantitative estimate of drug-likeness (QED) is 0.418. The molecule has 0 aliphatic heterocycles. The van der Waals surface area contributed by atoms with E-state index in [-0.39, 0.29) is 6.42 Å². The Morgan fingerprint density at radius 1 is 0.793 bits per heavy atom. The zero-order chi connectivity index (χ0) is 20.6. The Balaban J connectivity index is 1.64. The van der Waals surface area contributed by atoms with Gasteiger partial charge in [0.2, 0.25) is 0 Å². The lowest BCUT2D eigenvalue weighted by Gasteiger charge is -2.19. The molecule has 0 bridgehead atoms. The number of aliphatic hydroxyl groups is 1. The largest absolute Gasteiger partial charge is 0.452 e. The van der Waals surface area contributed by atoms with Crippen LogP contribution in [0.3, 0.4) is 0 Å². The van der Waals surface area contributed by atoms with E-state index < -0.39 is 30.4 Å². The summed E-state index contributed by atoms with van der Waals surface area (Å²) in [6.07, 6.45) is -2.16. The van der Waals surface area contributed by atoms with Crippen molar-refractivity contribution in [3.05, 3.63) is 107 Å². The molecule has 0 aromatic heterocycles. The maximum absolute atomic E-state index is 12.4. The third-order valence-electron chi connectivity index (χ3n) is 4.47. The third-order valence-corrected chi connectivity index (χ3v) is 4.72. The molecule has 0 saturated heterocycles. The van der Waals surface area contributed by atoms with Gasteiger partial charge < -0.3 is 9.84 Å². The van der Waals surface area contributed by atoms with Gasteiger partial charge in [-0.15, -0.1) is 0 Å². The van der Waals surface area contributed by atoms with Gasteiger partial charge in [-0.25, -0.2) is 0 Å². The summed E-state index contributed by atoms with van der Waals surface area (Å²) in [6, 6.07) is 25.3. The van der Waals surface area contributed by atoms with E-state index in [1.54, 1.807) is 24.3 Å². The van der Waals surface area contributed by atoms with E-state index in [2.05, 4.69) is 0 Å². The van der Waals surface area contributed by atoms with Crippen molar-refractivity contribution >= 4 is 23.4 Å². The fraction of sp³-hybridized carbons (Fsp3) is 0.167. The number of Topliss-reactive ketones (excluding diaryl/α,β-unsaturated/α-hetero) is 1. The van der Waals surface area contributed by atoms with Gasteiger partial charge in [-0.3, -0.25) is 9.59 Å². The molecule has 0 unspecified atom stereocenters. The van der Waals surface area contributed by atoms with Crippen molar-refractivity contribution in [3.63, 3.8) is 0 Å². The Labute approximate surface area is 174 Å². The van der Waals surface area contributed by atoms with Crippen LogP contribution in [0.15, 0.2) is 84.9 Å². The fourth-order valence-corrected chi connectivity index (χ4v) is 3.13. The molecule has 0 saturated carbocycles. The lowest BCUT2D eigenvalue weighted by Crippen LogP contribution is -2.17. The topological polar surface area (TPSA) is 63.6 Å². The summed E-state index contributed by atoms with van der Waals surface area (Å²) in [4.78, 5) is 24.7. The molecular formula is C24H21ClO4. The van der Waals surface area contributed by atoms with Crippen LogP contribution in [-0.2, 0) is 14.3 Å². The first-order valence-corrected chi connectivity index (χ1v) is 9.65. The van der Waals surface area contributed by atoms with E-state index in [0.29, 0.717) is 10.6 Å². The van der Waals surface area contributed by atoms with Crippen molar-refractivity contribution < 1.29 is 19.4 Å². The van der Waals surface area contributed by atoms with Crippen LogP contribution in [0.25, 0.3) is 0 Å². The molecule has 0 fully saturated rings. The van der Waals surface area contributed by atoms with Crippen molar-refractivity contribution in [1.82, 2.24) is 0 Å². The number of ether oxygens (including phenoxy) is 1. The molecule has 3 aromatic rings. The molecule has 1 atom stereocenters. The Morgan fingerprint density at radius 3 is 1.83 bits per heavy atom. The normalized spacial score (nSPS) is 11.8. The van der Waals surface area contributed by atoms with Crippen LogP contribution in [0.4, 0.5) is 0 Å². The number of aliphatic hydroxyl groups excluding tert-OH is 1. The molecule has 0 aliphatic rings. The zero-order valence-corrected chi connectivity index (χ0v) is 16.5. The van der Waals surface area contributed by atoms with Crippen LogP contribution in [0.5, 0.6) is 0 Å². The van der Waals surface area contributed by atoms with Crippen LogP contribution in [0.2, 0.25) is 5.02 Å². The molecule has 0 amide bonds. The standard InChI is InChI=1S/C24H21ClO4/c25-20-13-11-17(12-14-20)22(27)15-21(26)16-23(28)29-24(18-7-3-1-4-8-18)19-9-5-2-6-10-19/h1-14,22,24,27H,15-16H2/t22-/m1/s1. The van der Waals surface area contributed by atoms with Gasteiger partial charge in [-0.05, 0) is 28.8 Å². The second kappa shape index (κ2) is 10.0. The number of halogens is 1. The highest BCUT2D eigenvalue weighted by Gasteiger charge is 2.22. The van der Waals surface area contributed by atoms with Gasteiger partial charge in [0.25, 0.3) is 0 Å². The van der Waals surface area contributed by atoms with Crippen LogP contribution in [0, 0.1) is 0 Å². The van der Waals surface area contributed by atoms with Gasteiger partial charge in [0.1, 0.15) is 12.2 Å². The van der Waals surface area contributed by atoms with Crippen LogP contribution >= 0.6 is 11.6 Å². The van der Waals surface area contributed by atoms with Gasteiger partial charge in [0.15, 0.2) is 6.10 Å². The second-order valence-electron chi connectivity index (χ2n) is 6.68. The van der Waals surface area contributed by atoms with Crippen LogP contribution < -0.4 is 0 Å². The Morgan fingerprint density at radius 2 is 1.31 bits per heavy atom. The molecule has 4 nitrogen and oxygen atoms in total. The first kappa shape index (κ1) is 20.8. The Bertz CT molecular complexity index is 900. The van der Waals surface area contributed by atoms with Crippen molar-refractivity contribution in [3.8, 4) is 0 Å². The summed E-state index contributed by atoms with van der Waals surface area (Å²) in [5.41, 5.74) is 2.21. The molecule has 3 aromatic carbocycles. The van der Waals surface area contributed by atoms with E-state index in [1.807, 2.05) is 60.7 Å². The highest BCUT2D eigenvalue weighted by molar-refractivity contribution is 6.30. The lowest BCUT2D eigenvalue weighted by molar-refractivity contribution is -0.149. The number of rotatable bonds is 8.